The molecule has 0 bridgehead atoms. The zero-order valence-electron chi connectivity index (χ0n) is 31.0. The molecule has 3 N–H and O–H groups in total. The molecule has 2 heterocycles. The number of hydrogen-bond donors (Lipinski definition) is 3. The first kappa shape index (κ1) is 38.9. The van der Waals surface area contributed by atoms with E-state index in [-0.39, 0.29) is 31.4 Å². The fourth-order valence-corrected chi connectivity index (χ4v) is 6.60. The molecule has 0 unspecified atom stereocenters. The number of amides is 2. The highest BCUT2D eigenvalue weighted by Crippen LogP contribution is 2.43. The van der Waals surface area contributed by atoms with Crippen LogP contribution in [-0.4, -0.2) is 79.3 Å². The van der Waals surface area contributed by atoms with Gasteiger partial charge in [-0.2, -0.15) is 4.98 Å². The van der Waals surface area contributed by atoms with E-state index < -0.39 is 41.7 Å². The molecule has 0 aliphatic carbocycles. The first-order chi connectivity index (χ1) is 26.7. The van der Waals surface area contributed by atoms with E-state index in [1.807, 2.05) is 78.9 Å². The molecule has 2 amide bonds. The van der Waals surface area contributed by atoms with Crippen LogP contribution in [0.4, 0.5) is 5.82 Å². The monoisotopic (exact) mass is 748 g/mol. The molecular formula is C42H44N4O9. The zero-order chi connectivity index (χ0) is 39.0. The number of aliphatic hydroxyl groups is 1. The van der Waals surface area contributed by atoms with Crippen LogP contribution in [0.15, 0.2) is 120 Å². The number of aromatic nitrogens is 2. The Hall–Kier alpha value is -5.86. The summed E-state index contributed by atoms with van der Waals surface area (Å²) in [5.74, 6) is 0.718. The lowest BCUT2D eigenvalue weighted by Crippen LogP contribution is -2.41. The highest BCUT2D eigenvalue weighted by Gasteiger charge is 2.48. The van der Waals surface area contributed by atoms with Crippen molar-refractivity contribution in [3.05, 3.63) is 154 Å². The molecule has 0 radical (unpaired) electrons. The number of hydrogen-bond acceptors (Lipinski definition) is 10. The maximum atomic E-state index is 13.6. The topological polar surface area (TPSA) is 159 Å². The van der Waals surface area contributed by atoms with E-state index in [2.05, 4.69) is 15.6 Å². The number of nitrogens with one attached hydrogen (secondary N) is 2. The second-order valence-corrected chi connectivity index (χ2v) is 12.9. The lowest BCUT2D eigenvalue weighted by Gasteiger charge is -2.37. The molecule has 4 atom stereocenters. The van der Waals surface area contributed by atoms with Crippen molar-refractivity contribution in [3.63, 3.8) is 0 Å². The Balaban J connectivity index is 1.35. The third-order valence-electron chi connectivity index (χ3n) is 9.55. The Morgan fingerprint density at radius 1 is 0.855 bits per heavy atom. The maximum Gasteiger partial charge on any atom is 0.351 e. The van der Waals surface area contributed by atoms with Gasteiger partial charge >= 0.3 is 5.69 Å². The molecule has 5 aromatic rings. The lowest BCUT2D eigenvalue weighted by molar-refractivity contribution is -0.124. The summed E-state index contributed by atoms with van der Waals surface area (Å²) in [6, 6.07) is 33.3. The van der Waals surface area contributed by atoms with Crippen LogP contribution in [0.2, 0.25) is 0 Å². The van der Waals surface area contributed by atoms with E-state index in [1.54, 1.807) is 51.5 Å². The predicted octanol–water partition coefficient (Wildman–Crippen LogP) is 4.61. The molecule has 1 fully saturated rings. The number of rotatable bonds is 15. The fourth-order valence-electron chi connectivity index (χ4n) is 6.60. The SMILES string of the molecule is CNC(=O)CCO[C@@H]1[C@H](O)[C@@H](COC(c2ccccc2)(c2ccc(OC)cc2)c2ccc(OC)cc2)O[C@H]1n1cc(C)c(NC(=O)c2ccccc2)nc1=O. The van der Waals surface area contributed by atoms with Gasteiger partial charge < -0.3 is 39.4 Å². The molecule has 13 heteroatoms. The minimum Gasteiger partial charge on any atom is -0.497 e. The number of carbonyl (C=O) groups is 2. The third kappa shape index (κ3) is 8.45. The average molecular weight is 749 g/mol. The minimum absolute atomic E-state index is 0.0102. The standard InChI is InChI=1S/C42H44N4O9/c1-27-25-46(41(50)45-38(27)44-39(49)28-11-7-5-8-12-28)40-37(53-24-23-35(47)43-2)36(48)34(55-40)26-54-42(29-13-9-6-10-14-29,30-15-19-32(51-3)20-16-30)31-17-21-33(52-4)22-18-31/h5-22,25,34,36-37,40,48H,23-24,26H2,1-4H3,(H,43,47)(H,44,45,49,50)/t34-,36-,37-,40-/m1/s1. The van der Waals surface area contributed by atoms with Crippen molar-refractivity contribution >= 4 is 17.6 Å². The van der Waals surface area contributed by atoms with Gasteiger partial charge in [-0.1, -0.05) is 72.8 Å². The van der Waals surface area contributed by atoms with Crippen LogP contribution >= 0.6 is 0 Å². The van der Waals surface area contributed by atoms with E-state index in [1.165, 1.54) is 17.8 Å². The van der Waals surface area contributed by atoms with Crippen LogP contribution in [0.1, 0.15) is 45.3 Å². The summed E-state index contributed by atoms with van der Waals surface area (Å²) >= 11 is 0. The Labute approximate surface area is 318 Å². The van der Waals surface area contributed by atoms with Gasteiger partial charge in [0, 0.05) is 30.8 Å². The van der Waals surface area contributed by atoms with Crippen LogP contribution in [0, 0.1) is 6.92 Å². The average Bonchev–Trinajstić information content (AvgIpc) is 3.54. The summed E-state index contributed by atoms with van der Waals surface area (Å²) in [5.41, 5.74) is 1.25. The molecule has 1 aliphatic rings. The molecule has 0 saturated carbocycles. The van der Waals surface area contributed by atoms with E-state index in [0.717, 1.165) is 16.7 Å². The van der Waals surface area contributed by atoms with Gasteiger partial charge in [0.15, 0.2) is 6.23 Å². The number of anilines is 1. The number of benzene rings is 4. The summed E-state index contributed by atoms with van der Waals surface area (Å²) in [4.78, 5) is 42.8. The molecular weight excluding hydrogens is 704 g/mol. The lowest BCUT2D eigenvalue weighted by atomic mass is 9.80. The molecule has 6 rings (SSSR count). The molecule has 1 saturated heterocycles. The smallest absolute Gasteiger partial charge is 0.351 e. The molecule has 13 nitrogen and oxygen atoms in total. The van der Waals surface area contributed by atoms with Crippen molar-refractivity contribution in [1.82, 2.24) is 14.9 Å². The highest BCUT2D eigenvalue weighted by molar-refractivity contribution is 6.04. The molecule has 55 heavy (non-hydrogen) atoms. The van der Waals surface area contributed by atoms with E-state index in [0.29, 0.717) is 22.6 Å². The summed E-state index contributed by atoms with van der Waals surface area (Å²) in [5, 5.41) is 17.1. The van der Waals surface area contributed by atoms with Gasteiger partial charge in [0.2, 0.25) is 5.91 Å². The van der Waals surface area contributed by atoms with E-state index in [4.69, 9.17) is 23.7 Å². The Bertz CT molecular complexity index is 2060. The van der Waals surface area contributed by atoms with E-state index >= 15 is 0 Å². The fraction of sp³-hybridized carbons (Fsp3) is 0.286. The van der Waals surface area contributed by atoms with Crippen molar-refractivity contribution < 1.29 is 38.4 Å². The number of nitrogens with zero attached hydrogens (tertiary/aromatic N) is 2. The second kappa shape index (κ2) is 17.5. The van der Waals surface area contributed by atoms with Gasteiger partial charge in [0.05, 0.1) is 27.4 Å². The minimum atomic E-state index is -1.31. The Morgan fingerprint density at radius 3 is 1.98 bits per heavy atom. The van der Waals surface area contributed by atoms with Gasteiger partial charge in [0.25, 0.3) is 5.91 Å². The first-order valence-corrected chi connectivity index (χ1v) is 17.8. The third-order valence-corrected chi connectivity index (χ3v) is 9.55. The summed E-state index contributed by atoms with van der Waals surface area (Å²) in [7, 11) is 4.71. The maximum absolute atomic E-state index is 13.6. The van der Waals surface area contributed by atoms with Crippen LogP contribution in [-0.2, 0) is 24.6 Å². The normalized spacial score (nSPS) is 18.1. The van der Waals surface area contributed by atoms with Crippen molar-refractivity contribution in [3.8, 4) is 11.5 Å². The van der Waals surface area contributed by atoms with Crippen LogP contribution in [0.25, 0.3) is 0 Å². The van der Waals surface area contributed by atoms with Gasteiger partial charge in [0.1, 0.15) is 41.2 Å². The summed E-state index contributed by atoms with van der Waals surface area (Å²) < 4.78 is 31.7. The second-order valence-electron chi connectivity index (χ2n) is 12.9. The molecule has 1 aromatic heterocycles. The molecule has 286 valence electrons. The summed E-state index contributed by atoms with van der Waals surface area (Å²) in [6.45, 7) is 1.47. The van der Waals surface area contributed by atoms with Crippen molar-refractivity contribution in [2.24, 2.45) is 0 Å². The van der Waals surface area contributed by atoms with E-state index in [9.17, 15) is 19.5 Å². The zero-order valence-corrected chi connectivity index (χ0v) is 31.0. The van der Waals surface area contributed by atoms with Gasteiger partial charge in [-0.05, 0) is 60.0 Å². The van der Waals surface area contributed by atoms with Crippen molar-refractivity contribution in [2.75, 3.05) is 39.8 Å². The largest absolute Gasteiger partial charge is 0.497 e. The Kier molecular flexibility index (Phi) is 12.4. The van der Waals surface area contributed by atoms with Crippen LogP contribution in [0.3, 0.4) is 0 Å². The predicted molar refractivity (Wildman–Crippen MR) is 204 cm³/mol. The quantitative estimate of drug-likeness (QED) is 0.129. The number of carbonyl (C=O) groups excluding carboxylic acids is 2. The van der Waals surface area contributed by atoms with Crippen molar-refractivity contribution in [1.29, 1.82) is 0 Å². The molecule has 0 spiro atoms. The molecule has 4 aromatic carbocycles. The number of methoxy groups -OCH3 is 2. The number of aryl methyl sites for hydroxylation is 1. The van der Waals surface area contributed by atoms with Gasteiger partial charge in [-0.25, -0.2) is 4.79 Å². The number of aliphatic hydroxyl groups excluding tert-OH is 1. The Morgan fingerprint density at radius 2 is 1.42 bits per heavy atom. The van der Waals surface area contributed by atoms with Crippen LogP contribution < -0.4 is 25.8 Å². The first-order valence-electron chi connectivity index (χ1n) is 17.8. The number of ether oxygens (including phenoxy) is 5. The van der Waals surface area contributed by atoms with Gasteiger partial charge in [-0.3, -0.25) is 14.2 Å². The summed E-state index contributed by atoms with van der Waals surface area (Å²) in [6.07, 6.45) is -3.09. The highest BCUT2D eigenvalue weighted by atomic mass is 16.6. The van der Waals surface area contributed by atoms with Gasteiger partial charge in [-0.15, -0.1) is 0 Å². The van der Waals surface area contributed by atoms with Crippen molar-refractivity contribution in [2.45, 2.75) is 43.5 Å². The molecule has 1 aliphatic heterocycles. The van der Waals surface area contributed by atoms with Crippen LogP contribution in [0.5, 0.6) is 11.5 Å².